The lowest BCUT2D eigenvalue weighted by Crippen LogP contribution is -2.53. The van der Waals surface area contributed by atoms with Crippen LogP contribution in [0.5, 0.6) is 0 Å². The van der Waals surface area contributed by atoms with Crippen LogP contribution in [0.3, 0.4) is 0 Å². The summed E-state index contributed by atoms with van der Waals surface area (Å²) in [5.41, 5.74) is 6.99. The first-order valence-corrected chi connectivity index (χ1v) is 7.92. The van der Waals surface area contributed by atoms with Gasteiger partial charge in [-0.15, -0.1) is 0 Å². The number of likely N-dealkylation sites (N-methyl/N-ethyl adjacent to an activating group) is 1. The molecule has 1 saturated heterocycles. The van der Waals surface area contributed by atoms with E-state index in [0.717, 1.165) is 38.0 Å². The van der Waals surface area contributed by atoms with Crippen LogP contribution >= 0.6 is 0 Å². The Morgan fingerprint density at radius 1 is 1.33 bits per heavy atom. The zero-order valence-electron chi connectivity index (χ0n) is 13.5. The molecule has 118 valence electrons. The number of halogens is 1. The Bertz CT molecular complexity index is 463. The second-order valence-electron chi connectivity index (χ2n) is 6.45. The first-order chi connectivity index (χ1) is 9.98. The third-order valence-electron chi connectivity index (χ3n) is 4.97. The molecule has 4 heteroatoms. The van der Waals surface area contributed by atoms with Crippen molar-refractivity contribution in [2.24, 2.45) is 5.73 Å². The quantitative estimate of drug-likeness (QED) is 0.926. The number of benzene rings is 1. The molecule has 0 saturated carbocycles. The van der Waals surface area contributed by atoms with Crippen molar-refractivity contribution >= 4 is 5.69 Å². The summed E-state index contributed by atoms with van der Waals surface area (Å²) in [6.45, 7) is 7.26. The van der Waals surface area contributed by atoms with Crippen LogP contribution in [0.25, 0.3) is 0 Å². The number of likely N-dealkylation sites (tertiary alicyclic amines) is 1. The van der Waals surface area contributed by atoms with Crippen molar-refractivity contribution in [2.75, 3.05) is 31.6 Å². The van der Waals surface area contributed by atoms with Gasteiger partial charge in [-0.3, -0.25) is 0 Å². The molecule has 1 aromatic rings. The molecular formula is C17H28FN3. The summed E-state index contributed by atoms with van der Waals surface area (Å²) in [6, 6.07) is 7.38. The minimum atomic E-state index is -0.191. The lowest BCUT2D eigenvalue weighted by atomic mass is 9.88. The minimum Gasteiger partial charge on any atom is -0.368 e. The van der Waals surface area contributed by atoms with Crippen molar-refractivity contribution < 1.29 is 4.39 Å². The number of nitrogens with zero attached hydrogens (tertiary/aromatic N) is 2. The third kappa shape index (κ3) is 3.55. The molecule has 3 nitrogen and oxygen atoms in total. The summed E-state index contributed by atoms with van der Waals surface area (Å²) >= 11 is 0. The Hall–Kier alpha value is -1.13. The molecule has 1 aliphatic rings. The molecule has 1 atom stereocenters. The second kappa shape index (κ2) is 6.75. The average molecular weight is 293 g/mol. The van der Waals surface area contributed by atoms with E-state index in [0.29, 0.717) is 12.6 Å². The molecule has 2 rings (SSSR count). The zero-order chi connectivity index (χ0) is 15.5. The predicted octanol–water partition coefficient (Wildman–Crippen LogP) is 2.85. The van der Waals surface area contributed by atoms with Gasteiger partial charge in [0.05, 0.1) is 5.54 Å². The summed E-state index contributed by atoms with van der Waals surface area (Å²) < 4.78 is 13.5. The van der Waals surface area contributed by atoms with E-state index in [1.165, 1.54) is 6.07 Å². The number of nitrogens with two attached hydrogens (primary N) is 1. The molecule has 0 aromatic heterocycles. The lowest BCUT2D eigenvalue weighted by Gasteiger charge is -2.42. The predicted molar refractivity (Wildman–Crippen MR) is 87.1 cm³/mol. The Labute approximate surface area is 127 Å². The SMILES string of the molecule is CC(C)N1CCCC(CN)(N(C)c2cccc(F)c2)CC1. The topological polar surface area (TPSA) is 32.5 Å². The molecule has 1 aromatic carbocycles. The van der Waals surface area contributed by atoms with Gasteiger partial charge < -0.3 is 15.5 Å². The van der Waals surface area contributed by atoms with Crippen LogP contribution in [0.2, 0.25) is 0 Å². The molecular weight excluding hydrogens is 265 g/mol. The summed E-state index contributed by atoms with van der Waals surface area (Å²) in [5.74, 6) is -0.191. The van der Waals surface area contributed by atoms with Gasteiger partial charge in [0.1, 0.15) is 5.82 Å². The lowest BCUT2D eigenvalue weighted by molar-refractivity contribution is 0.224. The van der Waals surface area contributed by atoms with Gasteiger partial charge in [-0.05, 0) is 57.9 Å². The van der Waals surface area contributed by atoms with Crippen LogP contribution in [0.1, 0.15) is 33.1 Å². The standard InChI is InChI=1S/C17H28FN3/c1-14(2)21-10-5-8-17(13-19,9-11-21)20(3)16-7-4-6-15(18)12-16/h4,6-7,12,14H,5,8-11,13,19H2,1-3H3. The summed E-state index contributed by atoms with van der Waals surface area (Å²) in [7, 11) is 2.05. The molecule has 1 fully saturated rings. The molecule has 0 aliphatic carbocycles. The van der Waals surface area contributed by atoms with Crippen LogP contribution in [0.4, 0.5) is 10.1 Å². The van der Waals surface area contributed by atoms with Gasteiger partial charge >= 0.3 is 0 Å². The highest BCUT2D eigenvalue weighted by atomic mass is 19.1. The molecule has 0 radical (unpaired) electrons. The van der Waals surface area contributed by atoms with Gasteiger partial charge in [0.15, 0.2) is 0 Å². The molecule has 1 aliphatic heterocycles. The monoisotopic (exact) mass is 293 g/mol. The number of hydrogen-bond acceptors (Lipinski definition) is 3. The van der Waals surface area contributed by atoms with Crippen LogP contribution in [0.15, 0.2) is 24.3 Å². The maximum Gasteiger partial charge on any atom is 0.125 e. The van der Waals surface area contributed by atoms with Crippen LogP contribution < -0.4 is 10.6 Å². The van der Waals surface area contributed by atoms with Crippen molar-refractivity contribution in [3.8, 4) is 0 Å². The van der Waals surface area contributed by atoms with Crippen molar-refractivity contribution in [3.05, 3.63) is 30.1 Å². The fraction of sp³-hybridized carbons (Fsp3) is 0.647. The van der Waals surface area contributed by atoms with Crippen molar-refractivity contribution in [1.82, 2.24) is 4.90 Å². The molecule has 2 N–H and O–H groups in total. The Kier molecular flexibility index (Phi) is 5.22. The van der Waals surface area contributed by atoms with Gasteiger partial charge in [-0.1, -0.05) is 6.07 Å². The molecule has 1 heterocycles. The van der Waals surface area contributed by atoms with E-state index in [4.69, 9.17) is 5.73 Å². The highest BCUT2D eigenvalue weighted by Gasteiger charge is 2.35. The van der Waals surface area contributed by atoms with Gasteiger partial charge in [0.2, 0.25) is 0 Å². The second-order valence-corrected chi connectivity index (χ2v) is 6.45. The summed E-state index contributed by atoms with van der Waals surface area (Å²) in [6.07, 6.45) is 3.21. The van der Waals surface area contributed by atoms with Gasteiger partial charge in [-0.2, -0.15) is 0 Å². The highest BCUT2D eigenvalue weighted by molar-refractivity contribution is 5.48. The van der Waals surface area contributed by atoms with Gasteiger partial charge in [-0.25, -0.2) is 4.39 Å². The Morgan fingerprint density at radius 2 is 2.10 bits per heavy atom. The molecule has 0 amide bonds. The van der Waals surface area contributed by atoms with E-state index in [1.54, 1.807) is 12.1 Å². The van der Waals surface area contributed by atoms with Crippen molar-refractivity contribution in [1.29, 1.82) is 0 Å². The smallest absolute Gasteiger partial charge is 0.125 e. The van der Waals surface area contributed by atoms with Gasteiger partial charge in [0, 0.05) is 31.9 Å². The van der Waals surface area contributed by atoms with E-state index < -0.39 is 0 Å². The Morgan fingerprint density at radius 3 is 2.71 bits per heavy atom. The fourth-order valence-corrected chi connectivity index (χ4v) is 3.35. The number of anilines is 1. The number of rotatable bonds is 4. The Balaban J connectivity index is 2.20. The number of hydrogen-bond donors (Lipinski definition) is 1. The van der Waals surface area contributed by atoms with E-state index in [-0.39, 0.29) is 11.4 Å². The molecule has 0 spiro atoms. The highest BCUT2D eigenvalue weighted by Crippen LogP contribution is 2.32. The maximum atomic E-state index is 13.5. The largest absolute Gasteiger partial charge is 0.368 e. The van der Waals surface area contributed by atoms with Crippen LogP contribution in [-0.4, -0.2) is 43.2 Å². The first-order valence-electron chi connectivity index (χ1n) is 7.92. The zero-order valence-corrected chi connectivity index (χ0v) is 13.5. The molecule has 21 heavy (non-hydrogen) atoms. The first kappa shape index (κ1) is 16.2. The summed E-state index contributed by atoms with van der Waals surface area (Å²) in [4.78, 5) is 4.71. The van der Waals surface area contributed by atoms with E-state index in [2.05, 4.69) is 23.6 Å². The van der Waals surface area contributed by atoms with E-state index in [1.807, 2.05) is 13.1 Å². The van der Waals surface area contributed by atoms with Crippen LogP contribution in [-0.2, 0) is 0 Å². The van der Waals surface area contributed by atoms with Crippen molar-refractivity contribution in [2.45, 2.75) is 44.7 Å². The summed E-state index contributed by atoms with van der Waals surface area (Å²) in [5, 5.41) is 0. The van der Waals surface area contributed by atoms with Gasteiger partial charge in [0.25, 0.3) is 0 Å². The fourth-order valence-electron chi connectivity index (χ4n) is 3.35. The average Bonchev–Trinajstić information content (AvgIpc) is 2.70. The maximum absolute atomic E-state index is 13.5. The third-order valence-corrected chi connectivity index (χ3v) is 4.97. The van der Waals surface area contributed by atoms with Crippen molar-refractivity contribution in [3.63, 3.8) is 0 Å². The molecule has 0 bridgehead atoms. The molecule has 1 unspecified atom stereocenters. The van der Waals surface area contributed by atoms with E-state index in [9.17, 15) is 4.39 Å². The van der Waals surface area contributed by atoms with Crippen LogP contribution in [0, 0.1) is 5.82 Å². The van der Waals surface area contributed by atoms with E-state index >= 15 is 0 Å². The minimum absolute atomic E-state index is 0.0720. The normalized spacial score (nSPS) is 24.1.